The van der Waals surface area contributed by atoms with Crippen LogP contribution in [0.2, 0.25) is 0 Å². The van der Waals surface area contributed by atoms with Gasteiger partial charge in [-0.15, -0.1) is 5.53 Å². The van der Waals surface area contributed by atoms with Crippen LogP contribution in [0.5, 0.6) is 0 Å². The van der Waals surface area contributed by atoms with Crippen LogP contribution in [-0.4, -0.2) is 40.7 Å². The molecule has 0 aromatic heterocycles. The van der Waals surface area contributed by atoms with Gasteiger partial charge in [0, 0.05) is 18.9 Å². The second kappa shape index (κ2) is 5.28. The Morgan fingerprint density at radius 3 is 2.79 bits per heavy atom. The minimum Gasteiger partial charge on any atom is -0.444 e. The lowest BCUT2D eigenvalue weighted by Crippen LogP contribution is -2.47. The third-order valence-corrected chi connectivity index (χ3v) is 3.21. The molecule has 108 valence electrons. The minimum atomic E-state index is -0.444. The highest BCUT2D eigenvalue weighted by Crippen LogP contribution is 2.25. The molecule has 6 nitrogen and oxygen atoms in total. The summed E-state index contributed by atoms with van der Waals surface area (Å²) in [6.45, 7) is 9.39. The van der Waals surface area contributed by atoms with Crippen LogP contribution in [0, 0.1) is 5.92 Å². The van der Waals surface area contributed by atoms with E-state index in [0.29, 0.717) is 5.92 Å². The fourth-order valence-electron chi connectivity index (χ4n) is 2.49. The Morgan fingerprint density at radius 2 is 2.21 bits per heavy atom. The average molecular weight is 268 g/mol. The van der Waals surface area contributed by atoms with Crippen LogP contribution in [0.1, 0.15) is 34.1 Å². The van der Waals surface area contributed by atoms with Crippen LogP contribution in [0.3, 0.4) is 0 Å². The number of rotatable bonds is 2. The smallest absolute Gasteiger partial charge is 0.410 e. The van der Waals surface area contributed by atoms with E-state index < -0.39 is 5.60 Å². The van der Waals surface area contributed by atoms with Crippen molar-refractivity contribution in [2.45, 2.75) is 45.8 Å². The van der Waals surface area contributed by atoms with Gasteiger partial charge >= 0.3 is 6.09 Å². The molecule has 1 fully saturated rings. The van der Waals surface area contributed by atoms with Gasteiger partial charge in [0.05, 0.1) is 12.6 Å². The second-order valence-electron chi connectivity index (χ2n) is 6.35. The molecule has 19 heavy (non-hydrogen) atoms. The third kappa shape index (κ3) is 3.76. The summed E-state index contributed by atoms with van der Waals surface area (Å²) in [6, 6.07) is 0.182. The molecule has 1 saturated heterocycles. The molecule has 0 spiro atoms. The Bertz CT molecular complexity index is 364. The molecular weight excluding hydrogens is 244 g/mol. The monoisotopic (exact) mass is 268 g/mol. The minimum absolute atomic E-state index is 0.182. The molecule has 0 saturated carbocycles. The molecule has 2 rings (SSSR count). The highest BCUT2D eigenvalue weighted by Gasteiger charge is 2.36. The lowest BCUT2D eigenvalue weighted by atomic mass is 10.1. The number of hydrogen-bond acceptors (Lipinski definition) is 5. The number of carbonyl (C=O) groups excluding carboxylic acids is 1. The fourth-order valence-corrected chi connectivity index (χ4v) is 2.49. The van der Waals surface area contributed by atoms with E-state index in [1.54, 1.807) is 0 Å². The molecule has 2 aliphatic heterocycles. The predicted molar refractivity (Wildman–Crippen MR) is 72.6 cm³/mol. The Kier molecular flexibility index (Phi) is 3.89. The van der Waals surface area contributed by atoms with Crippen molar-refractivity contribution in [2.24, 2.45) is 5.92 Å². The van der Waals surface area contributed by atoms with Crippen molar-refractivity contribution in [2.75, 3.05) is 13.1 Å². The maximum absolute atomic E-state index is 12.2. The van der Waals surface area contributed by atoms with E-state index in [4.69, 9.17) is 4.74 Å². The second-order valence-corrected chi connectivity index (χ2v) is 6.35. The zero-order valence-electron chi connectivity index (χ0n) is 12.1. The van der Waals surface area contributed by atoms with Gasteiger partial charge in [0.2, 0.25) is 0 Å². The van der Waals surface area contributed by atoms with Gasteiger partial charge in [-0.25, -0.2) is 4.79 Å². The molecule has 2 heterocycles. The number of nitrogens with zero attached hydrogens (tertiary/aromatic N) is 2. The first-order valence-electron chi connectivity index (χ1n) is 6.79. The summed E-state index contributed by atoms with van der Waals surface area (Å²) in [4.78, 5) is 14.1. The molecule has 6 heteroatoms. The van der Waals surface area contributed by atoms with Gasteiger partial charge < -0.3 is 15.1 Å². The Labute approximate surface area is 114 Å². The summed E-state index contributed by atoms with van der Waals surface area (Å²) in [7, 11) is 0. The largest absolute Gasteiger partial charge is 0.444 e. The van der Waals surface area contributed by atoms with Crippen LogP contribution in [-0.2, 0) is 4.74 Å². The molecule has 0 radical (unpaired) electrons. The topological polar surface area (TPSA) is 56.8 Å². The highest BCUT2D eigenvalue weighted by molar-refractivity contribution is 5.69. The zero-order chi connectivity index (χ0) is 14.0. The van der Waals surface area contributed by atoms with Crippen molar-refractivity contribution in [3.8, 4) is 0 Å². The van der Waals surface area contributed by atoms with Crippen molar-refractivity contribution in [3.05, 3.63) is 12.4 Å². The highest BCUT2D eigenvalue weighted by atomic mass is 16.6. The van der Waals surface area contributed by atoms with Gasteiger partial charge in [-0.2, -0.15) is 0 Å². The summed E-state index contributed by atoms with van der Waals surface area (Å²) in [5.74, 6) is 0.511. The average Bonchev–Trinajstić information content (AvgIpc) is 2.86. The van der Waals surface area contributed by atoms with Gasteiger partial charge in [0.25, 0.3) is 0 Å². The first kappa shape index (κ1) is 14.0. The number of nitrogens with one attached hydrogen (secondary N) is 2. The molecule has 0 aliphatic carbocycles. The van der Waals surface area contributed by atoms with Crippen LogP contribution in [0.25, 0.3) is 0 Å². The van der Waals surface area contributed by atoms with Gasteiger partial charge in [-0.3, -0.25) is 5.01 Å². The first-order chi connectivity index (χ1) is 8.85. The maximum atomic E-state index is 12.2. The Hall–Kier alpha value is -1.43. The van der Waals surface area contributed by atoms with E-state index in [0.717, 1.165) is 19.5 Å². The molecule has 0 aromatic carbocycles. The van der Waals surface area contributed by atoms with Crippen molar-refractivity contribution >= 4 is 6.09 Å². The summed E-state index contributed by atoms with van der Waals surface area (Å²) in [5, 5.41) is 1.94. The van der Waals surface area contributed by atoms with Gasteiger partial charge in [-0.1, -0.05) is 6.92 Å². The van der Waals surface area contributed by atoms with E-state index in [-0.39, 0.29) is 12.1 Å². The number of amides is 1. The van der Waals surface area contributed by atoms with Crippen molar-refractivity contribution in [1.82, 2.24) is 20.9 Å². The normalized spacial score (nSPS) is 26.7. The molecule has 0 bridgehead atoms. The lowest BCUT2D eigenvalue weighted by Gasteiger charge is -2.30. The van der Waals surface area contributed by atoms with Crippen LogP contribution < -0.4 is 11.0 Å². The number of likely N-dealkylation sites (tertiary alicyclic amines) is 1. The molecule has 2 aliphatic rings. The number of carbonyl (C=O) groups is 1. The number of hydrazine groups is 2. The zero-order valence-corrected chi connectivity index (χ0v) is 12.1. The fraction of sp³-hybridized carbons (Fsp3) is 0.769. The molecule has 2 N–H and O–H groups in total. The number of ether oxygens (including phenoxy) is 1. The van der Waals surface area contributed by atoms with Crippen LogP contribution >= 0.6 is 0 Å². The van der Waals surface area contributed by atoms with Crippen molar-refractivity contribution in [3.63, 3.8) is 0 Å². The van der Waals surface area contributed by atoms with Gasteiger partial charge in [-0.05, 0) is 33.1 Å². The quantitative estimate of drug-likeness (QED) is 0.793. The predicted octanol–water partition coefficient (Wildman–Crippen LogP) is 1.43. The molecule has 2 atom stereocenters. The molecule has 0 aromatic rings. The molecule has 1 amide bonds. The van der Waals surface area contributed by atoms with Gasteiger partial charge in [0.1, 0.15) is 5.60 Å². The Balaban J connectivity index is 1.96. The summed E-state index contributed by atoms with van der Waals surface area (Å²) >= 11 is 0. The summed E-state index contributed by atoms with van der Waals surface area (Å²) in [6.07, 6.45) is 4.55. The van der Waals surface area contributed by atoms with Crippen LogP contribution in [0.15, 0.2) is 12.4 Å². The Morgan fingerprint density at radius 1 is 1.47 bits per heavy atom. The van der Waals surface area contributed by atoms with Gasteiger partial charge in [0.15, 0.2) is 0 Å². The van der Waals surface area contributed by atoms with Crippen molar-refractivity contribution < 1.29 is 9.53 Å². The first-order valence-corrected chi connectivity index (χ1v) is 6.79. The van der Waals surface area contributed by atoms with E-state index in [9.17, 15) is 4.79 Å². The standard InChI is InChI=1S/C13H24N4O2/c1-10-7-11(9-16-6-5-14-15-16)17(8-10)12(18)19-13(2,3)4/h5-6,10-11,14-15H,7-9H2,1-4H3/t10-,11+/m1/s1. The van der Waals surface area contributed by atoms with Crippen LogP contribution in [0.4, 0.5) is 4.79 Å². The summed E-state index contributed by atoms with van der Waals surface area (Å²) in [5.41, 5.74) is 5.46. The lowest BCUT2D eigenvalue weighted by molar-refractivity contribution is 0.0193. The summed E-state index contributed by atoms with van der Waals surface area (Å²) < 4.78 is 5.48. The third-order valence-electron chi connectivity index (χ3n) is 3.21. The van der Waals surface area contributed by atoms with Crippen molar-refractivity contribution in [1.29, 1.82) is 0 Å². The van der Waals surface area contributed by atoms with E-state index in [2.05, 4.69) is 17.9 Å². The van der Waals surface area contributed by atoms with E-state index in [1.807, 2.05) is 43.1 Å². The van der Waals surface area contributed by atoms with E-state index in [1.165, 1.54) is 0 Å². The molecular formula is C13H24N4O2. The maximum Gasteiger partial charge on any atom is 0.410 e. The van der Waals surface area contributed by atoms with E-state index >= 15 is 0 Å². The molecule has 0 unspecified atom stereocenters. The SMILES string of the molecule is C[C@@H]1C[C@@H](CN2C=CNN2)N(C(=O)OC(C)(C)C)C1. The number of hydrogen-bond donors (Lipinski definition) is 2.